The molecule has 0 N–H and O–H groups in total. The van der Waals surface area contributed by atoms with Crippen molar-refractivity contribution in [3.05, 3.63) is 41.7 Å². The first-order valence-electron chi connectivity index (χ1n) is 10.2. The van der Waals surface area contributed by atoms with Crippen molar-refractivity contribution >= 4 is 0 Å². The maximum absolute atomic E-state index is 4.77. The Morgan fingerprint density at radius 1 is 1.04 bits per heavy atom. The highest BCUT2D eigenvalue weighted by molar-refractivity contribution is 5.60. The molecule has 1 aromatic heterocycles. The van der Waals surface area contributed by atoms with Crippen LogP contribution in [0, 0.1) is 30.1 Å². The molecule has 25 heavy (non-hydrogen) atoms. The number of hydrogen-bond acceptors (Lipinski definition) is 1. The second-order valence-corrected chi connectivity index (χ2v) is 9.36. The van der Waals surface area contributed by atoms with Crippen LogP contribution >= 0.6 is 0 Å². The van der Waals surface area contributed by atoms with Gasteiger partial charge in [-0.25, -0.2) is 4.98 Å². The molecular weight excluding hydrogens is 304 g/mol. The Morgan fingerprint density at radius 2 is 1.68 bits per heavy atom. The summed E-state index contributed by atoms with van der Waals surface area (Å²) < 4.78 is 2.34. The first-order valence-corrected chi connectivity index (χ1v) is 10.2. The van der Waals surface area contributed by atoms with Gasteiger partial charge in [0.1, 0.15) is 5.82 Å². The number of aryl methyl sites for hydroxylation is 2. The summed E-state index contributed by atoms with van der Waals surface area (Å²) in [6.07, 6.45) is 13.9. The monoisotopic (exact) mass is 334 g/mol. The van der Waals surface area contributed by atoms with Crippen molar-refractivity contribution < 1.29 is 0 Å². The van der Waals surface area contributed by atoms with Crippen LogP contribution < -0.4 is 0 Å². The summed E-state index contributed by atoms with van der Waals surface area (Å²) in [5, 5.41) is 0. The Hall–Kier alpha value is -1.57. The lowest BCUT2D eigenvalue weighted by atomic mass is 9.48. The molecular formula is C23H30N2. The summed E-state index contributed by atoms with van der Waals surface area (Å²) in [5.74, 6) is 4.29. The molecule has 0 radical (unpaired) electrons. The van der Waals surface area contributed by atoms with Crippen molar-refractivity contribution in [2.45, 2.75) is 58.3 Å². The number of rotatable bonds is 4. The lowest BCUT2D eigenvalue weighted by Crippen LogP contribution is -2.46. The number of imidazole rings is 1. The van der Waals surface area contributed by atoms with Gasteiger partial charge in [-0.2, -0.15) is 0 Å². The minimum atomic E-state index is 0.668. The molecule has 0 saturated heterocycles. The molecule has 6 rings (SSSR count). The van der Waals surface area contributed by atoms with Gasteiger partial charge in [-0.15, -0.1) is 0 Å². The van der Waals surface area contributed by atoms with E-state index in [1.165, 1.54) is 48.9 Å². The van der Waals surface area contributed by atoms with Crippen LogP contribution in [0.1, 0.15) is 56.2 Å². The van der Waals surface area contributed by atoms with Crippen LogP contribution in [0.4, 0.5) is 0 Å². The third kappa shape index (κ3) is 2.65. The lowest BCUT2D eigenvalue weighted by Gasteiger charge is -2.57. The number of benzene rings is 1. The SMILES string of the molecule is Cc1ccccc1-c1ncc(CCC23CC4CC(CC(C4)C2)C3)n1C. The van der Waals surface area contributed by atoms with Crippen LogP contribution in [-0.2, 0) is 13.5 Å². The highest BCUT2D eigenvalue weighted by Gasteiger charge is 2.50. The van der Waals surface area contributed by atoms with E-state index in [9.17, 15) is 0 Å². The zero-order chi connectivity index (χ0) is 17.0. The molecule has 0 aliphatic heterocycles. The second-order valence-electron chi connectivity index (χ2n) is 9.36. The minimum Gasteiger partial charge on any atom is -0.331 e. The molecule has 4 aliphatic rings. The van der Waals surface area contributed by atoms with E-state index in [1.54, 1.807) is 19.3 Å². The molecule has 2 heteroatoms. The van der Waals surface area contributed by atoms with Gasteiger partial charge in [-0.05, 0) is 87.0 Å². The number of aromatic nitrogens is 2. The van der Waals surface area contributed by atoms with E-state index >= 15 is 0 Å². The van der Waals surface area contributed by atoms with E-state index in [0.717, 1.165) is 23.6 Å². The highest BCUT2D eigenvalue weighted by Crippen LogP contribution is 2.61. The van der Waals surface area contributed by atoms with Crippen LogP contribution in [0.3, 0.4) is 0 Å². The van der Waals surface area contributed by atoms with Gasteiger partial charge in [0, 0.05) is 24.5 Å². The maximum atomic E-state index is 4.77. The van der Waals surface area contributed by atoms with Crippen molar-refractivity contribution in [3.63, 3.8) is 0 Å². The minimum absolute atomic E-state index is 0.668. The van der Waals surface area contributed by atoms with Gasteiger partial charge in [-0.3, -0.25) is 0 Å². The van der Waals surface area contributed by atoms with Gasteiger partial charge in [-0.1, -0.05) is 24.3 Å². The van der Waals surface area contributed by atoms with Crippen LogP contribution in [0.2, 0.25) is 0 Å². The van der Waals surface area contributed by atoms with Crippen LogP contribution in [0.15, 0.2) is 30.5 Å². The van der Waals surface area contributed by atoms with Gasteiger partial charge in [0.05, 0.1) is 0 Å². The molecule has 4 fully saturated rings. The van der Waals surface area contributed by atoms with Gasteiger partial charge < -0.3 is 4.57 Å². The summed E-state index contributed by atoms with van der Waals surface area (Å²) >= 11 is 0. The zero-order valence-electron chi connectivity index (χ0n) is 15.7. The van der Waals surface area contributed by atoms with Crippen molar-refractivity contribution in [3.8, 4) is 11.4 Å². The zero-order valence-corrected chi connectivity index (χ0v) is 15.7. The van der Waals surface area contributed by atoms with E-state index in [2.05, 4.69) is 49.0 Å². The standard InChI is InChI=1S/C23H30N2/c1-16-5-3-4-6-21(16)22-24-15-20(25(22)2)7-8-23-12-17-9-18(13-23)11-19(10-17)14-23/h3-6,15,17-19H,7-14H2,1-2H3. The molecule has 0 spiro atoms. The molecule has 132 valence electrons. The smallest absolute Gasteiger partial charge is 0.140 e. The Balaban J connectivity index is 1.35. The lowest BCUT2D eigenvalue weighted by molar-refractivity contribution is -0.0571. The van der Waals surface area contributed by atoms with Gasteiger partial charge in [0.25, 0.3) is 0 Å². The normalized spacial score (nSPS) is 33.1. The maximum Gasteiger partial charge on any atom is 0.140 e. The Labute approximate surface area is 151 Å². The number of hydrogen-bond donors (Lipinski definition) is 0. The van der Waals surface area contributed by atoms with Crippen LogP contribution in [-0.4, -0.2) is 9.55 Å². The average Bonchev–Trinajstić information content (AvgIpc) is 2.93. The summed E-state index contributed by atoms with van der Waals surface area (Å²) in [6.45, 7) is 2.18. The summed E-state index contributed by atoms with van der Waals surface area (Å²) in [5.41, 5.74) is 4.66. The van der Waals surface area contributed by atoms with Gasteiger partial charge in [0.2, 0.25) is 0 Å². The van der Waals surface area contributed by atoms with Crippen molar-refractivity contribution in [1.82, 2.24) is 9.55 Å². The first-order chi connectivity index (χ1) is 12.1. The number of nitrogens with zero attached hydrogens (tertiary/aromatic N) is 2. The van der Waals surface area contributed by atoms with Gasteiger partial charge >= 0.3 is 0 Å². The Kier molecular flexibility index (Phi) is 3.59. The third-order valence-electron chi connectivity index (χ3n) is 7.55. The highest BCUT2D eigenvalue weighted by atomic mass is 15.1. The van der Waals surface area contributed by atoms with E-state index < -0.39 is 0 Å². The van der Waals surface area contributed by atoms with Crippen molar-refractivity contribution in [2.24, 2.45) is 30.2 Å². The van der Waals surface area contributed by atoms with Crippen molar-refractivity contribution in [1.29, 1.82) is 0 Å². The summed E-state index contributed by atoms with van der Waals surface area (Å²) in [6, 6.07) is 8.60. The molecule has 0 amide bonds. The molecule has 2 aromatic rings. The predicted octanol–water partition coefficient (Wildman–Crippen LogP) is 5.54. The molecule has 0 atom stereocenters. The largest absolute Gasteiger partial charge is 0.331 e. The molecule has 1 heterocycles. The van der Waals surface area contributed by atoms with E-state index in [-0.39, 0.29) is 0 Å². The Morgan fingerprint density at radius 3 is 2.32 bits per heavy atom. The molecule has 4 aliphatic carbocycles. The third-order valence-corrected chi connectivity index (χ3v) is 7.55. The second kappa shape index (κ2) is 5.72. The van der Waals surface area contributed by atoms with Crippen LogP contribution in [0.5, 0.6) is 0 Å². The molecule has 4 bridgehead atoms. The Bertz CT molecular complexity index is 750. The predicted molar refractivity (Wildman–Crippen MR) is 102 cm³/mol. The van der Waals surface area contributed by atoms with Gasteiger partial charge in [0.15, 0.2) is 0 Å². The topological polar surface area (TPSA) is 17.8 Å². The van der Waals surface area contributed by atoms with Crippen molar-refractivity contribution in [2.75, 3.05) is 0 Å². The molecule has 1 aromatic carbocycles. The molecule has 4 saturated carbocycles. The quantitative estimate of drug-likeness (QED) is 0.717. The van der Waals surface area contributed by atoms with Crippen LogP contribution in [0.25, 0.3) is 11.4 Å². The average molecular weight is 335 g/mol. The molecule has 2 nitrogen and oxygen atoms in total. The van der Waals surface area contributed by atoms with E-state index in [0.29, 0.717) is 5.41 Å². The first kappa shape index (κ1) is 15.7. The summed E-state index contributed by atoms with van der Waals surface area (Å²) in [7, 11) is 2.20. The fourth-order valence-corrected chi connectivity index (χ4v) is 6.74. The van der Waals surface area contributed by atoms with E-state index in [4.69, 9.17) is 4.98 Å². The van der Waals surface area contributed by atoms with E-state index in [1.807, 2.05) is 0 Å². The fraction of sp³-hybridized carbons (Fsp3) is 0.609. The summed E-state index contributed by atoms with van der Waals surface area (Å²) in [4.78, 5) is 4.77. The molecule has 0 unspecified atom stereocenters. The fourth-order valence-electron chi connectivity index (χ4n) is 6.74.